The number of benzene rings is 3. The Labute approximate surface area is 212 Å². The molecule has 1 saturated carbocycles. The molecule has 2 fully saturated rings. The van der Waals surface area contributed by atoms with Gasteiger partial charge in [0.25, 0.3) is 0 Å². The Hall–Kier alpha value is -3.48. The summed E-state index contributed by atoms with van der Waals surface area (Å²) in [6, 6.07) is 23.6. The third kappa shape index (κ3) is 6.59. The number of carbonyl (C=O) groups is 2. The van der Waals surface area contributed by atoms with Crippen LogP contribution in [0.1, 0.15) is 28.8 Å². The lowest BCUT2D eigenvalue weighted by Gasteiger charge is -2.26. The zero-order valence-electron chi connectivity index (χ0n) is 20.4. The van der Waals surface area contributed by atoms with Crippen LogP contribution in [0.5, 0.6) is 5.75 Å². The molecule has 1 N–H and O–H groups in total. The van der Waals surface area contributed by atoms with Crippen molar-refractivity contribution in [2.24, 2.45) is 5.92 Å². The molecule has 0 aromatic heterocycles. The highest BCUT2D eigenvalue weighted by Gasteiger charge is 2.23. The molecule has 186 valence electrons. The van der Waals surface area contributed by atoms with E-state index in [1.807, 2.05) is 42.5 Å². The first kappa shape index (κ1) is 24.2. The van der Waals surface area contributed by atoms with Crippen molar-refractivity contribution in [2.45, 2.75) is 19.3 Å². The lowest BCUT2D eigenvalue weighted by molar-refractivity contribution is -0.118. The fourth-order valence-corrected chi connectivity index (χ4v) is 4.30. The molecule has 6 nitrogen and oxygen atoms in total. The molecule has 1 saturated heterocycles. The molecule has 0 unspecified atom stereocenters. The molecule has 36 heavy (non-hydrogen) atoms. The number of morpholine rings is 1. The minimum atomic E-state index is -0.116. The van der Waals surface area contributed by atoms with Gasteiger partial charge in [-0.2, -0.15) is 0 Å². The maximum Gasteiger partial charge on any atom is 0.238 e. The van der Waals surface area contributed by atoms with Crippen molar-refractivity contribution in [3.63, 3.8) is 0 Å². The second-order valence-corrected chi connectivity index (χ2v) is 9.56. The fourth-order valence-electron chi connectivity index (χ4n) is 4.30. The first-order valence-corrected chi connectivity index (χ1v) is 12.7. The summed E-state index contributed by atoms with van der Waals surface area (Å²) in [4.78, 5) is 28.0. The molecule has 0 spiro atoms. The van der Waals surface area contributed by atoms with E-state index >= 15 is 0 Å². The molecule has 6 heteroatoms. The fraction of sp³-hybridized carbons (Fsp3) is 0.333. The number of nitrogens with zero attached hydrogens (tertiary/aromatic N) is 1. The van der Waals surface area contributed by atoms with Crippen molar-refractivity contribution in [2.75, 3.05) is 44.8 Å². The molecule has 5 rings (SSSR count). The minimum absolute atomic E-state index is 0.000109. The Morgan fingerprint density at radius 3 is 2.36 bits per heavy atom. The Morgan fingerprint density at radius 1 is 0.917 bits per heavy atom. The van der Waals surface area contributed by atoms with Crippen molar-refractivity contribution >= 4 is 17.4 Å². The quantitative estimate of drug-likeness (QED) is 0.417. The molecule has 1 aliphatic carbocycles. The van der Waals surface area contributed by atoms with Crippen molar-refractivity contribution < 1.29 is 19.1 Å². The van der Waals surface area contributed by atoms with Gasteiger partial charge in [0.15, 0.2) is 5.78 Å². The second-order valence-electron chi connectivity index (χ2n) is 9.56. The number of carbonyl (C=O) groups excluding carboxylic acids is 2. The average molecular weight is 485 g/mol. The maximum atomic E-state index is 13.1. The van der Waals surface area contributed by atoms with E-state index in [1.54, 1.807) is 18.2 Å². The van der Waals surface area contributed by atoms with Crippen LogP contribution in [-0.4, -0.2) is 56.0 Å². The molecular formula is C30H32N2O4. The predicted molar refractivity (Wildman–Crippen MR) is 140 cm³/mol. The molecule has 2 aliphatic rings. The number of hydrogen-bond donors (Lipinski definition) is 1. The van der Waals surface area contributed by atoms with Crippen LogP contribution in [0.25, 0.3) is 11.1 Å². The molecular weight excluding hydrogens is 452 g/mol. The van der Waals surface area contributed by atoms with Gasteiger partial charge >= 0.3 is 0 Å². The van der Waals surface area contributed by atoms with E-state index in [1.165, 1.54) is 12.8 Å². The topological polar surface area (TPSA) is 67.9 Å². The van der Waals surface area contributed by atoms with E-state index in [4.69, 9.17) is 9.47 Å². The first-order valence-electron chi connectivity index (χ1n) is 12.7. The molecule has 3 aromatic rings. The zero-order valence-corrected chi connectivity index (χ0v) is 20.4. The van der Waals surface area contributed by atoms with Crippen molar-refractivity contribution in [3.05, 3.63) is 83.9 Å². The maximum absolute atomic E-state index is 13.1. The van der Waals surface area contributed by atoms with Crippen LogP contribution in [0.2, 0.25) is 0 Å². The van der Waals surface area contributed by atoms with Crippen LogP contribution >= 0.6 is 0 Å². The zero-order chi connectivity index (χ0) is 24.7. The molecule has 0 bridgehead atoms. The Balaban J connectivity index is 1.27. The van der Waals surface area contributed by atoms with E-state index in [2.05, 4.69) is 22.3 Å². The van der Waals surface area contributed by atoms with Gasteiger partial charge in [-0.1, -0.05) is 54.6 Å². The highest BCUT2D eigenvalue weighted by atomic mass is 16.5. The Bertz CT molecular complexity index is 1180. The van der Waals surface area contributed by atoms with Gasteiger partial charge in [0, 0.05) is 25.1 Å². The number of rotatable bonds is 10. The molecule has 1 aliphatic heterocycles. The lowest BCUT2D eigenvalue weighted by atomic mass is 9.99. The van der Waals surface area contributed by atoms with Crippen molar-refractivity contribution in [3.8, 4) is 16.9 Å². The van der Waals surface area contributed by atoms with E-state index < -0.39 is 0 Å². The summed E-state index contributed by atoms with van der Waals surface area (Å²) >= 11 is 0. The van der Waals surface area contributed by atoms with E-state index in [-0.39, 0.29) is 18.2 Å². The number of ketones is 1. The second kappa shape index (κ2) is 11.5. The smallest absolute Gasteiger partial charge is 0.238 e. The normalized spacial score (nSPS) is 15.9. The van der Waals surface area contributed by atoms with Crippen LogP contribution < -0.4 is 10.1 Å². The number of Topliss-reactive ketones (excluding diaryl/α,β-unsaturated/α-hetero) is 1. The summed E-state index contributed by atoms with van der Waals surface area (Å²) < 4.78 is 11.4. The van der Waals surface area contributed by atoms with Gasteiger partial charge in [0.05, 0.1) is 32.1 Å². The van der Waals surface area contributed by atoms with Crippen LogP contribution in [0, 0.1) is 5.92 Å². The van der Waals surface area contributed by atoms with Gasteiger partial charge in [0.1, 0.15) is 5.75 Å². The van der Waals surface area contributed by atoms with E-state index in [9.17, 15) is 9.59 Å². The number of anilines is 1. The lowest BCUT2D eigenvalue weighted by Crippen LogP contribution is -2.41. The summed E-state index contributed by atoms with van der Waals surface area (Å²) in [5, 5.41) is 2.99. The third-order valence-electron chi connectivity index (χ3n) is 6.64. The molecule has 1 heterocycles. The summed E-state index contributed by atoms with van der Waals surface area (Å²) in [7, 11) is 0. The monoisotopic (exact) mass is 484 g/mol. The van der Waals surface area contributed by atoms with E-state index in [0.29, 0.717) is 49.2 Å². The average Bonchev–Trinajstić information content (AvgIpc) is 3.74. The summed E-state index contributed by atoms with van der Waals surface area (Å²) in [6.45, 7) is 3.67. The largest absolute Gasteiger partial charge is 0.491 e. The number of hydrogen-bond acceptors (Lipinski definition) is 5. The summed E-state index contributed by atoms with van der Waals surface area (Å²) in [5.74, 6) is 1.08. The first-order chi connectivity index (χ1) is 17.6. The Morgan fingerprint density at radius 2 is 1.64 bits per heavy atom. The highest BCUT2D eigenvalue weighted by molar-refractivity contribution is 6.00. The van der Waals surface area contributed by atoms with Gasteiger partial charge in [-0.3, -0.25) is 14.5 Å². The van der Waals surface area contributed by atoms with Crippen LogP contribution in [0.3, 0.4) is 0 Å². The SMILES string of the molecule is O=C(CN1CCOCC1)Nc1cc(C(=O)Cc2ccc(-c3ccccc3)cc2)ccc1OCC1CC1. The summed E-state index contributed by atoms with van der Waals surface area (Å²) in [6.07, 6.45) is 2.65. The van der Waals surface area contributed by atoms with Gasteiger partial charge in [0.2, 0.25) is 5.91 Å². The van der Waals surface area contributed by atoms with Gasteiger partial charge in [-0.05, 0) is 53.6 Å². The van der Waals surface area contributed by atoms with Crippen LogP contribution in [-0.2, 0) is 16.0 Å². The highest BCUT2D eigenvalue weighted by Crippen LogP contribution is 2.32. The van der Waals surface area contributed by atoms with Gasteiger partial charge in [-0.25, -0.2) is 0 Å². The number of ether oxygens (including phenoxy) is 2. The minimum Gasteiger partial charge on any atom is -0.491 e. The van der Waals surface area contributed by atoms with Crippen molar-refractivity contribution in [1.29, 1.82) is 0 Å². The van der Waals surface area contributed by atoms with Crippen molar-refractivity contribution in [1.82, 2.24) is 4.90 Å². The predicted octanol–water partition coefficient (Wildman–Crippen LogP) is 4.84. The molecule has 0 atom stereocenters. The van der Waals surface area contributed by atoms with Gasteiger partial charge in [-0.15, -0.1) is 0 Å². The number of nitrogens with one attached hydrogen (secondary N) is 1. The number of amides is 1. The van der Waals surface area contributed by atoms with Crippen LogP contribution in [0.15, 0.2) is 72.8 Å². The molecule has 1 amide bonds. The van der Waals surface area contributed by atoms with E-state index in [0.717, 1.165) is 29.8 Å². The van der Waals surface area contributed by atoms with Crippen LogP contribution in [0.4, 0.5) is 5.69 Å². The summed E-state index contributed by atoms with van der Waals surface area (Å²) in [5.41, 5.74) is 4.33. The third-order valence-corrected chi connectivity index (χ3v) is 6.64. The standard InChI is InChI=1S/C30H32N2O4/c33-28(18-22-8-10-25(11-9-22)24-4-2-1-3-5-24)26-12-13-29(36-21-23-6-7-23)27(19-26)31-30(34)20-32-14-16-35-17-15-32/h1-5,8-13,19,23H,6-7,14-18,20-21H2,(H,31,34). The Kier molecular flexibility index (Phi) is 7.74. The molecule has 0 radical (unpaired) electrons. The molecule has 3 aromatic carbocycles. The van der Waals surface area contributed by atoms with Gasteiger partial charge < -0.3 is 14.8 Å².